The zero-order valence-electron chi connectivity index (χ0n) is 14.3. The Morgan fingerprint density at radius 1 is 1.39 bits per heavy atom. The Morgan fingerprint density at radius 3 is 2.78 bits per heavy atom. The van der Waals surface area contributed by atoms with Gasteiger partial charge in [0.15, 0.2) is 0 Å². The van der Waals surface area contributed by atoms with Crippen molar-refractivity contribution in [3.8, 4) is 0 Å². The second-order valence-electron chi connectivity index (χ2n) is 6.74. The van der Waals surface area contributed by atoms with Crippen LogP contribution in [0.3, 0.4) is 0 Å². The molecule has 1 aromatic heterocycles. The predicted octanol–water partition coefficient (Wildman–Crippen LogP) is 1.88. The molecule has 6 nitrogen and oxygen atoms in total. The third-order valence-electron chi connectivity index (χ3n) is 4.79. The van der Waals surface area contributed by atoms with Gasteiger partial charge in [0, 0.05) is 31.7 Å². The van der Waals surface area contributed by atoms with E-state index < -0.39 is 0 Å². The molecule has 23 heavy (non-hydrogen) atoms. The third kappa shape index (κ3) is 2.62. The number of nitrogens with zero attached hydrogens (tertiary/aromatic N) is 4. The minimum atomic E-state index is -0.0251. The first-order valence-corrected chi connectivity index (χ1v) is 8.09. The number of aromatic nitrogens is 2. The quantitative estimate of drug-likeness (QED) is 0.691. The molecular formula is C17H25N5O. The number of hydrogen-bond acceptors (Lipinski definition) is 4. The molecule has 1 aliphatic heterocycles. The van der Waals surface area contributed by atoms with Crippen LogP contribution in [0.1, 0.15) is 25.5 Å². The average molecular weight is 315 g/mol. The molecule has 2 aromatic rings. The number of fused-ring (bicyclic) bond motifs is 1. The lowest BCUT2D eigenvalue weighted by atomic mass is 9.92. The molecule has 1 amide bonds. The molecule has 1 aliphatic rings. The summed E-state index contributed by atoms with van der Waals surface area (Å²) < 4.78 is 2.14. The number of rotatable bonds is 4. The van der Waals surface area contributed by atoms with Gasteiger partial charge in [-0.15, -0.1) is 0 Å². The maximum atomic E-state index is 11.5. The van der Waals surface area contributed by atoms with Gasteiger partial charge >= 0.3 is 0 Å². The maximum Gasteiger partial charge on any atom is 0.228 e. The zero-order chi connectivity index (χ0) is 16.6. The van der Waals surface area contributed by atoms with Gasteiger partial charge in [-0.1, -0.05) is 12.1 Å². The normalized spacial score (nSPS) is 21.8. The fourth-order valence-corrected chi connectivity index (χ4v) is 3.52. The van der Waals surface area contributed by atoms with E-state index in [1.165, 1.54) is 0 Å². The van der Waals surface area contributed by atoms with Crippen LogP contribution in [-0.4, -0.2) is 48.4 Å². The highest BCUT2D eigenvalue weighted by Crippen LogP contribution is 2.33. The molecule has 0 aliphatic carbocycles. The summed E-state index contributed by atoms with van der Waals surface area (Å²) >= 11 is 0. The topological polar surface area (TPSA) is 53.4 Å². The third-order valence-corrected chi connectivity index (χ3v) is 4.79. The number of nitrogens with one attached hydrogen (secondary N) is 1. The first kappa shape index (κ1) is 16.0. The Bertz CT molecular complexity index is 715. The van der Waals surface area contributed by atoms with Gasteiger partial charge in [-0.3, -0.25) is 9.48 Å². The van der Waals surface area contributed by atoms with E-state index in [0.717, 1.165) is 54.6 Å². The molecule has 6 heteroatoms. The van der Waals surface area contributed by atoms with Crippen LogP contribution in [0.25, 0.3) is 10.9 Å². The average Bonchev–Trinajstić information content (AvgIpc) is 2.87. The summed E-state index contributed by atoms with van der Waals surface area (Å²) in [6, 6.07) is 6.00. The van der Waals surface area contributed by atoms with E-state index in [0.29, 0.717) is 0 Å². The second-order valence-corrected chi connectivity index (χ2v) is 6.74. The van der Waals surface area contributed by atoms with Gasteiger partial charge in [-0.25, -0.2) is 10.0 Å². The Kier molecular flexibility index (Phi) is 4.12. The summed E-state index contributed by atoms with van der Waals surface area (Å²) in [6.07, 6.45) is 3.08. The lowest BCUT2D eigenvalue weighted by molar-refractivity contribution is -0.109. The zero-order valence-corrected chi connectivity index (χ0v) is 14.3. The Morgan fingerprint density at radius 2 is 2.17 bits per heavy atom. The van der Waals surface area contributed by atoms with Gasteiger partial charge in [0.2, 0.25) is 6.41 Å². The molecule has 0 spiro atoms. The van der Waals surface area contributed by atoms with Crippen molar-refractivity contribution in [3.63, 3.8) is 0 Å². The van der Waals surface area contributed by atoms with Crippen molar-refractivity contribution >= 4 is 23.0 Å². The Balaban J connectivity index is 2.16. The van der Waals surface area contributed by atoms with Crippen molar-refractivity contribution in [1.82, 2.24) is 20.1 Å². The molecular weight excluding hydrogens is 290 g/mol. The largest absolute Gasteiger partial charge is 0.314 e. The van der Waals surface area contributed by atoms with Crippen molar-refractivity contribution in [2.75, 3.05) is 32.2 Å². The molecule has 124 valence electrons. The smallest absolute Gasteiger partial charge is 0.228 e. The van der Waals surface area contributed by atoms with Crippen LogP contribution in [0.2, 0.25) is 0 Å². The van der Waals surface area contributed by atoms with E-state index in [2.05, 4.69) is 29.9 Å². The molecule has 1 N–H and O–H groups in total. The standard InChI is InChI=1S/C17H25N5O/c1-13-14-7-5-8-15(21(12-23)20(3)4)16(14)19-22(13)17(2)9-6-10-18-11-17/h5,7-8,12,18H,6,9-11H2,1-4H3. The summed E-state index contributed by atoms with van der Waals surface area (Å²) in [5.74, 6) is 0. The van der Waals surface area contributed by atoms with E-state index in [1.54, 1.807) is 10.0 Å². The number of carbonyl (C=O) groups excluding carboxylic acids is 1. The summed E-state index contributed by atoms with van der Waals surface area (Å²) in [5.41, 5.74) is 2.81. The number of hydrogen-bond donors (Lipinski definition) is 1. The molecule has 3 rings (SSSR count). The van der Waals surface area contributed by atoms with Gasteiger partial charge in [-0.05, 0) is 39.3 Å². The molecule has 0 radical (unpaired) electrons. The van der Waals surface area contributed by atoms with Gasteiger partial charge in [0.25, 0.3) is 0 Å². The lowest BCUT2D eigenvalue weighted by Gasteiger charge is -2.35. The van der Waals surface area contributed by atoms with Crippen molar-refractivity contribution < 1.29 is 4.79 Å². The van der Waals surface area contributed by atoms with Gasteiger partial charge in [0.05, 0.1) is 11.2 Å². The fourth-order valence-electron chi connectivity index (χ4n) is 3.52. The fraction of sp³-hybridized carbons (Fsp3) is 0.529. The summed E-state index contributed by atoms with van der Waals surface area (Å²) in [4.78, 5) is 11.5. The first-order chi connectivity index (χ1) is 11.0. The van der Waals surface area contributed by atoms with Crippen LogP contribution in [0, 0.1) is 6.92 Å². The van der Waals surface area contributed by atoms with Gasteiger partial charge in [-0.2, -0.15) is 5.10 Å². The first-order valence-electron chi connectivity index (χ1n) is 8.09. The number of piperidine rings is 1. The molecule has 1 atom stereocenters. The van der Waals surface area contributed by atoms with Crippen molar-refractivity contribution in [2.45, 2.75) is 32.2 Å². The highest BCUT2D eigenvalue weighted by atomic mass is 16.1. The molecule has 1 aromatic carbocycles. The second kappa shape index (κ2) is 5.94. The Labute approximate surface area is 137 Å². The van der Waals surface area contributed by atoms with E-state index in [-0.39, 0.29) is 5.54 Å². The van der Waals surface area contributed by atoms with Gasteiger partial charge < -0.3 is 5.32 Å². The number of benzene rings is 1. The Hall–Kier alpha value is -1.92. The van der Waals surface area contributed by atoms with Crippen LogP contribution >= 0.6 is 0 Å². The summed E-state index contributed by atoms with van der Waals surface area (Å²) in [7, 11) is 3.70. The van der Waals surface area contributed by atoms with Crippen LogP contribution in [-0.2, 0) is 10.3 Å². The molecule has 1 saturated heterocycles. The SMILES string of the molecule is Cc1c2cccc(N(C=O)N(C)C)c2nn1C1(C)CCCNC1. The molecule has 1 unspecified atom stereocenters. The monoisotopic (exact) mass is 315 g/mol. The highest BCUT2D eigenvalue weighted by molar-refractivity contribution is 5.96. The summed E-state index contributed by atoms with van der Waals surface area (Å²) in [5, 5.41) is 12.8. The van der Waals surface area contributed by atoms with Gasteiger partial charge in [0.1, 0.15) is 5.52 Å². The summed E-state index contributed by atoms with van der Waals surface area (Å²) in [6.45, 7) is 6.35. The molecule has 2 heterocycles. The van der Waals surface area contributed by atoms with Crippen LogP contribution < -0.4 is 10.3 Å². The van der Waals surface area contributed by atoms with E-state index in [1.807, 2.05) is 26.2 Å². The van der Waals surface area contributed by atoms with E-state index >= 15 is 0 Å². The van der Waals surface area contributed by atoms with Crippen LogP contribution in [0.15, 0.2) is 18.2 Å². The predicted molar refractivity (Wildman–Crippen MR) is 92.5 cm³/mol. The molecule has 1 fully saturated rings. The van der Waals surface area contributed by atoms with E-state index in [4.69, 9.17) is 5.10 Å². The van der Waals surface area contributed by atoms with Crippen LogP contribution in [0.4, 0.5) is 5.69 Å². The minimum Gasteiger partial charge on any atom is -0.314 e. The lowest BCUT2D eigenvalue weighted by Crippen LogP contribution is -2.46. The molecule has 0 bridgehead atoms. The van der Waals surface area contributed by atoms with Crippen molar-refractivity contribution in [3.05, 3.63) is 23.9 Å². The number of hydrazine groups is 1. The van der Waals surface area contributed by atoms with Crippen molar-refractivity contribution in [1.29, 1.82) is 0 Å². The van der Waals surface area contributed by atoms with E-state index in [9.17, 15) is 4.79 Å². The minimum absolute atomic E-state index is 0.0251. The highest BCUT2D eigenvalue weighted by Gasteiger charge is 2.32. The number of amides is 1. The number of anilines is 1. The number of aryl methyl sites for hydroxylation is 1. The van der Waals surface area contributed by atoms with Crippen LogP contribution in [0.5, 0.6) is 0 Å². The maximum absolute atomic E-state index is 11.5. The number of carbonyl (C=O) groups is 1. The molecule has 0 saturated carbocycles. The van der Waals surface area contributed by atoms with Crippen molar-refractivity contribution in [2.24, 2.45) is 0 Å².